The highest BCUT2D eigenvalue weighted by Gasteiger charge is 2.54. The van der Waals surface area contributed by atoms with Gasteiger partial charge in [-0.25, -0.2) is 0 Å². The van der Waals surface area contributed by atoms with Gasteiger partial charge in [-0.15, -0.1) is 11.3 Å². The Morgan fingerprint density at radius 3 is 2.83 bits per heavy atom. The molecule has 0 spiro atoms. The summed E-state index contributed by atoms with van der Waals surface area (Å²) >= 11 is 1.59. The Balaban J connectivity index is 1.58. The normalized spacial score (nSPS) is 15.0. The van der Waals surface area contributed by atoms with E-state index in [-0.39, 0.29) is 5.91 Å². The van der Waals surface area contributed by atoms with Gasteiger partial charge >= 0.3 is 0 Å². The van der Waals surface area contributed by atoms with Crippen LogP contribution in [0.3, 0.4) is 0 Å². The molecule has 0 aliphatic heterocycles. The van der Waals surface area contributed by atoms with E-state index in [9.17, 15) is 4.79 Å². The zero-order chi connectivity index (χ0) is 16.6. The standard InChI is InChI=1S/C18H16N2O3S/c1-22-13-6-3-2-5-12(13)19-17(21)18(8-9-18)16-11-14(23-20-16)15-7-4-10-24-15/h2-7,10-11H,8-9H2,1H3,(H,19,21). The summed E-state index contributed by atoms with van der Waals surface area (Å²) in [5, 5.41) is 9.10. The van der Waals surface area contributed by atoms with Gasteiger partial charge in [0.2, 0.25) is 5.91 Å². The molecule has 1 N–H and O–H groups in total. The van der Waals surface area contributed by atoms with Crippen molar-refractivity contribution >= 4 is 22.9 Å². The molecule has 0 saturated heterocycles. The lowest BCUT2D eigenvalue weighted by atomic mass is 10.0. The predicted octanol–water partition coefficient (Wildman–Crippen LogP) is 4.08. The molecule has 1 aliphatic carbocycles. The van der Waals surface area contributed by atoms with Crippen molar-refractivity contribution in [3.63, 3.8) is 0 Å². The average Bonchev–Trinajstić information content (AvgIpc) is 3.02. The van der Waals surface area contributed by atoms with Gasteiger partial charge in [-0.3, -0.25) is 4.79 Å². The van der Waals surface area contributed by atoms with E-state index in [4.69, 9.17) is 9.26 Å². The second kappa shape index (κ2) is 5.79. The Kier molecular flexibility index (Phi) is 3.61. The van der Waals surface area contributed by atoms with Gasteiger partial charge in [0.15, 0.2) is 5.76 Å². The van der Waals surface area contributed by atoms with Crippen molar-refractivity contribution in [3.8, 4) is 16.4 Å². The van der Waals surface area contributed by atoms with Crippen LogP contribution in [-0.2, 0) is 10.2 Å². The fraction of sp³-hybridized carbons (Fsp3) is 0.222. The molecular weight excluding hydrogens is 324 g/mol. The number of hydrogen-bond acceptors (Lipinski definition) is 5. The number of amides is 1. The topological polar surface area (TPSA) is 64.4 Å². The smallest absolute Gasteiger partial charge is 0.236 e. The van der Waals surface area contributed by atoms with E-state index in [0.717, 1.165) is 17.7 Å². The first-order valence-corrected chi connectivity index (χ1v) is 8.56. The quantitative estimate of drug-likeness (QED) is 0.760. The van der Waals surface area contributed by atoms with E-state index in [1.807, 2.05) is 47.8 Å². The summed E-state index contributed by atoms with van der Waals surface area (Å²) in [6.07, 6.45) is 1.54. The van der Waals surface area contributed by atoms with Crippen LogP contribution in [0.2, 0.25) is 0 Å². The number of benzene rings is 1. The van der Waals surface area contributed by atoms with Crippen molar-refractivity contribution in [2.24, 2.45) is 0 Å². The first-order valence-electron chi connectivity index (χ1n) is 7.68. The van der Waals surface area contributed by atoms with Gasteiger partial charge < -0.3 is 14.6 Å². The number of thiophene rings is 1. The van der Waals surface area contributed by atoms with Gasteiger partial charge in [0.25, 0.3) is 0 Å². The number of hydrogen-bond donors (Lipinski definition) is 1. The fourth-order valence-electron chi connectivity index (χ4n) is 2.75. The van der Waals surface area contributed by atoms with E-state index in [1.165, 1.54) is 0 Å². The van der Waals surface area contributed by atoms with Crippen LogP contribution in [0.4, 0.5) is 5.69 Å². The minimum absolute atomic E-state index is 0.0713. The highest BCUT2D eigenvalue weighted by Crippen LogP contribution is 2.49. The molecule has 0 unspecified atom stereocenters. The summed E-state index contributed by atoms with van der Waals surface area (Å²) in [6, 6.07) is 13.2. The summed E-state index contributed by atoms with van der Waals surface area (Å²) in [5.74, 6) is 1.27. The number of rotatable bonds is 5. The zero-order valence-corrected chi connectivity index (χ0v) is 13.9. The molecule has 1 amide bonds. The molecule has 5 nitrogen and oxygen atoms in total. The molecule has 0 atom stereocenters. The van der Waals surface area contributed by atoms with Crippen molar-refractivity contribution < 1.29 is 14.1 Å². The van der Waals surface area contributed by atoms with Gasteiger partial charge in [0.1, 0.15) is 5.75 Å². The lowest BCUT2D eigenvalue weighted by molar-refractivity contribution is -0.118. The van der Waals surface area contributed by atoms with Crippen molar-refractivity contribution in [1.29, 1.82) is 0 Å². The summed E-state index contributed by atoms with van der Waals surface area (Å²) in [4.78, 5) is 13.8. The highest BCUT2D eigenvalue weighted by atomic mass is 32.1. The Morgan fingerprint density at radius 2 is 2.12 bits per heavy atom. The molecule has 4 rings (SSSR count). The van der Waals surface area contributed by atoms with Gasteiger partial charge in [-0.2, -0.15) is 0 Å². The maximum atomic E-state index is 12.8. The predicted molar refractivity (Wildman–Crippen MR) is 92.4 cm³/mol. The molecule has 0 radical (unpaired) electrons. The van der Waals surface area contributed by atoms with Crippen molar-refractivity contribution in [2.45, 2.75) is 18.3 Å². The van der Waals surface area contributed by atoms with E-state index in [0.29, 0.717) is 22.9 Å². The Labute approximate surface area is 143 Å². The molecule has 1 fully saturated rings. The highest BCUT2D eigenvalue weighted by molar-refractivity contribution is 7.13. The van der Waals surface area contributed by atoms with Crippen LogP contribution in [0.1, 0.15) is 18.5 Å². The molecule has 0 bridgehead atoms. The summed E-state index contributed by atoms with van der Waals surface area (Å²) in [7, 11) is 1.59. The Morgan fingerprint density at radius 1 is 1.29 bits per heavy atom. The Hall–Kier alpha value is -2.60. The van der Waals surface area contributed by atoms with Crippen LogP contribution in [-0.4, -0.2) is 18.2 Å². The maximum absolute atomic E-state index is 12.8. The Bertz CT molecular complexity index is 866. The van der Waals surface area contributed by atoms with Crippen LogP contribution >= 0.6 is 11.3 Å². The van der Waals surface area contributed by atoms with Crippen LogP contribution in [0.15, 0.2) is 52.4 Å². The van der Waals surface area contributed by atoms with Gasteiger partial charge in [0, 0.05) is 6.07 Å². The molecule has 3 aromatic rings. The number of carbonyl (C=O) groups excluding carboxylic acids is 1. The molecule has 1 aromatic carbocycles. The van der Waals surface area contributed by atoms with Crippen molar-refractivity contribution in [1.82, 2.24) is 5.16 Å². The lowest BCUT2D eigenvalue weighted by Crippen LogP contribution is -2.28. The molecule has 24 heavy (non-hydrogen) atoms. The fourth-order valence-corrected chi connectivity index (χ4v) is 3.42. The summed E-state index contributed by atoms with van der Waals surface area (Å²) in [5.41, 5.74) is 0.761. The number of nitrogens with zero attached hydrogens (tertiary/aromatic N) is 1. The van der Waals surface area contributed by atoms with Crippen LogP contribution in [0.5, 0.6) is 5.75 Å². The minimum atomic E-state index is -0.597. The molecule has 2 aromatic heterocycles. The maximum Gasteiger partial charge on any atom is 0.236 e. The SMILES string of the molecule is COc1ccccc1NC(=O)C1(c2cc(-c3cccs3)on2)CC1. The van der Waals surface area contributed by atoms with E-state index in [1.54, 1.807) is 18.4 Å². The number of carbonyl (C=O) groups is 1. The second-order valence-corrected chi connectivity index (χ2v) is 6.74. The first-order chi connectivity index (χ1) is 11.7. The molecule has 6 heteroatoms. The number of ether oxygens (including phenoxy) is 1. The molecule has 122 valence electrons. The van der Waals surface area contributed by atoms with Gasteiger partial charge in [-0.1, -0.05) is 23.4 Å². The summed E-state index contributed by atoms with van der Waals surface area (Å²) < 4.78 is 10.7. The van der Waals surface area contributed by atoms with Crippen LogP contribution in [0, 0.1) is 0 Å². The van der Waals surface area contributed by atoms with E-state index in [2.05, 4.69) is 10.5 Å². The molecular formula is C18H16N2O3S. The van der Waals surface area contributed by atoms with Gasteiger partial charge in [0.05, 0.1) is 28.8 Å². The number of methoxy groups -OCH3 is 1. The number of aromatic nitrogens is 1. The van der Waals surface area contributed by atoms with Crippen molar-refractivity contribution in [3.05, 3.63) is 53.5 Å². The number of nitrogens with one attached hydrogen (secondary N) is 1. The zero-order valence-electron chi connectivity index (χ0n) is 13.1. The second-order valence-electron chi connectivity index (χ2n) is 5.79. The third-order valence-electron chi connectivity index (χ3n) is 4.30. The third kappa shape index (κ3) is 2.49. The van der Waals surface area contributed by atoms with E-state index < -0.39 is 5.41 Å². The number of anilines is 1. The number of para-hydroxylation sites is 2. The largest absolute Gasteiger partial charge is 0.495 e. The lowest BCUT2D eigenvalue weighted by Gasteiger charge is -2.14. The monoisotopic (exact) mass is 340 g/mol. The first kappa shape index (κ1) is 15.0. The van der Waals surface area contributed by atoms with E-state index >= 15 is 0 Å². The van der Waals surface area contributed by atoms with Gasteiger partial charge in [-0.05, 0) is 36.4 Å². The minimum Gasteiger partial charge on any atom is -0.495 e. The van der Waals surface area contributed by atoms with Crippen molar-refractivity contribution in [2.75, 3.05) is 12.4 Å². The molecule has 1 aliphatic rings. The molecule has 2 heterocycles. The summed E-state index contributed by atoms with van der Waals surface area (Å²) in [6.45, 7) is 0. The third-order valence-corrected chi connectivity index (χ3v) is 5.19. The van der Waals surface area contributed by atoms with Crippen LogP contribution in [0.25, 0.3) is 10.6 Å². The molecule has 1 saturated carbocycles. The average molecular weight is 340 g/mol. The van der Waals surface area contributed by atoms with Crippen LogP contribution < -0.4 is 10.1 Å².